The maximum atomic E-state index is 13.5. The predicted molar refractivity (Wildman–Crippen MR) is 65.6 cm³/mol. The van der Waals surface area contributed by atoms with Gasteiger partial charge in [-0.3, -0.25) is 0 Å². The average molecular weight is 371 g/mol. The van der Waals surface area contributed by atoms with E-state index in [4.69, 9.17) is 0 Å². The summed E-state index contributed by atoms with van der Waals surface area (Å²) in [7, 11) is 1.34. The van der Waals surface area contributed by atoms with E-state index in [1.54, 1.807) is 0 Å². The first-order valence-electron chi connectivity index (χ1n) is 4.63. The van der Waals surface area contributed by atoms with E-state index in [0.717, 1.165) is 6.07 Å². The molecule has 0 unspecified atom stereocenters. The van der Waals surface area contributed by atoms with Crippen molar-refractivity contribution >= 4 is 32.7 Å². The summed E-state index contributed by atoms with van der Waals surface area (Å²) in [5, 5.41) is 2.16. The number of benzene rings is 1. The number of rotatable bonds is 3. The Morgan fingerprint density at radius 1 is 1.33 bits per heavy atom. The van der Waals surface area contributed by atoms with Crippen LogP contribution in [0.15, 0.2) is 12.1 Å². The minimum absolute atomic E-state index is 0.163. The summed E-state index contributed by atoms with van der Waals surface area (Å²) >= 11 is 1.29. The van der Waals surface area contributed by atoms with Crippen LogP contribution in [0.2, 0.25) is 0 Å². The largest absolute Gasteiger partial charge is 0.445 e. The Labute approximate surface area is 115 Å². The molecule has 98 valence electrons. The minimum atomic E-state index is -0.920. The van der Waals surface area contributed by atoms with E-state index in [2.05, 4.69) is 14.8 Å². The summed E-state index contributed by atoms with van der Waals surface area (Å²) in [4.78, 5) is 21.4. The van der Waals surface area contributed by atoms with Gasteiger partial charge in [0, 0.05) is 18.7 Å². The molecular weight excluding hydrogens is 363 g/mol. The number of hydrogen-bond donors (Lipinski definition) is 1. The summed E-state index contributed by atoms with van der Waals surface area (Å²) in [5.74, 6) is -2.28. The molecule has 1 N–H and O–H groups in total. The summed E-state index contributed by atoms with van der Waals surface area (Å²) in [6.45, 7) is -0.430. The lowest BCUT2D eigenvalue weighted by molar-refractivity contribution is 0.140. The van der Waals surface area contributed by atoms with Crippen LogP contribution in [0.4, 0.5) is 18.4 Å². The molecule has 0 saturated carbocycles. The van der Waals surface area contributed by atoms with Crippen LogP contribution < -0.4 is 10.1 Å². The molecule has 0 heterocycles. The lowest BCUT2D eigenvalue weighted by Gasteiger charge is -2.08. The normalized spacial score (nSPS) is 9.78. The summed E-state index contributed by atoms with van der Waals surface area (Å²) in [6.07, 6.45) is -0.766. The third-order valence-electron chi connectivity index (χ3n) is 1.85. The Morgan fingerprint density at radius 2 is 2.00 bits per heavy atom. The molecule has 1 rings (SSSR count). The van der Waals surface area contributed by atoms with Gasteiger partial charge in [-0.15, -0.1) is 0 Å². The molecule has 5 nitrogen and oxygen atoms in total. The Hall–Kier alpha value is -1.45. The van der Waals surface area contributed by atoms with Gasteiger partial charge in [0.05, 0.1) is 22.6 Å². The van der Waals surface area contributed by atoms with Crippen molar-refractivity contribution in [1.82, 2.24) is 5.32 Å². The smallest absolute Gasteiger partial charge is 0.407 e. The van der Waals surface area contributed by atoms with Crippen LogP contribution in [-0.4, -0.2) is 17.1 Å². The molecule has 0 aromatic heterocycles. The standard InChI is InChI=1S/C10H8F2INO4/c1-14-10(16)17-4-5-2-7(12)8(3-6(5)11)18-9(13)15/h2-3H,4H2,1H3,(H,14,16). The quantitative estimate of drug-likeness (QED) is 0.656. The maximum Gasteiger partial charge on any atom is 0.407 e. The van der Waals surface area contributed by atoms with Crippen molar-refractivity contribution in [2.75, 3.05) is 7.05 Å². The van der Waals surface area contributed by atoms with Gasteiger partial charge in [0.1, 0.15) is 12.4 Å². The van der Waals surface area contributed by atoms with Gasteiger partial charge in [0.25, 0.3) is 0 Å². The van der Waals surface area contributed by atoms with Crippen molar-refractivity contribution in [1.29, 1.82) is 0 Å². The number of alkyl carbamates (subject to hydrolysis) is 1. The van der Waals surface area contributed by atoms with Crippen molar-refractivity contribution < 1.29 is 27.8 Å². The number of nitrogens with one attached hydrogen (secondary N) is 1. The zero-order chi connectivity index (χ0) is 13.7. The van der Waals surface area contributed by atoms with Gasteiger partial charge < -0.3 is 14.8 Å². The molecule has 0 saturated heterocycles. The number of hydrogen-bond acceptors (Lipinski definition) is 4. The molecule has 0 aliphatic heterocycles. The molecule has 0 bridgehead atoms. The van der Waals surface area contributed by atoms with Crippen LogP contribution in [0.1, 0.15) is 5.56 Å². The van der Waals surface area contributed by atoms with Crippen LogP contribution in [0, 0.1) is 11.6 Å². The van der Waals surface area contributed by atoms with E-state index in [9.17, 15) is 18.4 Å². The molecule has 0 aliphatic rings. The molecule has 0 atom stereocenters. The lowest BCUT2D eigenvalue weighted by Crippen LogP contribution is -2.19. The van der Waals surface area contributed by atoms with Gasteiger partial charge in [-0.1, -0.05) is 0 Å². The first-order valence-corrected chi connectivity index (χ1v) is 5.71. The topological polar surface area (TPSA) is 64.6 Å². The Kier molecular flexibility index (Phi) is 5.25. The molecule has 1 aromatic carbocycles. The number of carbonyl (C=O) groups is 2. The highest BCUT2D eigenvalue weighted by Crippen LogP contribution is 2.23. The van der Waals surface area contributed by atoms with Crippen molar-refractivity contribution in [2.24, 2.45) is 0 Å². The number of ether oxygens (including phenoxy) is 2. The van der Waals surface area contributed by atoms with Crippen molar-refractivity contribution in [3.63, 3.8) is 0 Å². The highest BCUT2D eigenvalue weighted by atomic mass is 127. The third kappa shape index (κ3) is 4.09. The van der Waals surface area contributed by atoms with Crippen molar-refractivity contribution in [3.8, 4) is 5.75 Å². The van der Waals surface area contributed by atoms with E-state index in [0.29, 0.717) is 6.07 Å². The molecule has 1 aromatic rings. The fourth-order valence-electron chi connectivity index (χ4n) is 1.06. The molecule has 0 aliphatic carbocycles. The van der Waals surface area contributed by atoms with Gasteiger partial charge >= 0.3 is 10.1 Å². The molecule has 8 heteroatoms. The monoisotopic (exact) mass is 371 g/mol. The summed E-state index contributed by atoms with van der Waals surface area (Å²) < 4.78 is 35.1. The van der Waals surface area contributed by atoms with E-state index in [-0.39, 0.29) is 5.56 Å². The highest BCUT2D eigenvalue weighted by molar-refractivity contribution is 14.1. The van der Waals surface area contributed by atoms with Crippen LogP contribution in [0.5, 0.6) is 5.75 Å². The van der Waals surface area contributed by atoms with Crippen LogP contribution in [-0.2, 0) is 11.3 Å². The first kappa shape index (κ1) is 14.6. The fraction of sp³-hybridized carbons (Fsp3) is 0.200. The molecular formula is C10H8F2INO4. The predicted octanol–water partition coefficient (Wildman–Crippen LogP) is 2.75. The van der Waals surface area contributed by atoms with Crippen LogP contribution >= 0.6 is 22.6 Å². The van der Waals surface area contributed by atoms with E-state index in [1.807, 2.05) is 0 Å². The maximum absolute atomic E-state index is 13.5. The number of carbonyl (C=O) groups excluding carboxylic acids is 2. The van der Waals surface area contributed by atoms with E-state index in [1.165, 1.54) is 29.6 Å². The molecule has 0 radical (unpaired) electrons. The Bertz CT molecular complexity index is 481. The molecule has 0 spiro atoms. The number of halogens is 3. The highest BCUT2D eigenvalue weighted by Gasteiger charge is 2.14. The summed E-state index contributed by atoms with van der Waals surface area (Å²) in [5.41, 5.74) is -0.163. The number of amides is 1. The molecule has 18 heavy (non-hydrogen) atoms. The van der Waals surface area contributed by atoms with E-state index < -0.39 is 34.1 Å². The average Bonchev–Trinajstić information content (AvgIpc) is 2.30. The second-order valence-corrected chi connectivity index (χ2v) is 3.92. The van der Waals surface area contributed by atoms with Crippen LogP contribution in [0.3, 0.4) is 0 Å². The molecule has 1 amide bonds. The first-order chi connectivity index (χ1) is 8.43. The van der Waals surface area contributed by atoms with Gasteiger partial charge in [-0.25, -0.2) is 18.4 Å². The fourth-order valence-corrected chi connectivity index (χ4v) is 1.30. The molecule has 0 fully saturated rings. The SMILES string of the molecule is CNC(=O)OCc1cc(F)c(OC(=O)I)cc1F. The van der Waals surface area contributed by atoms with Gasteiger partial charge in [0.2, 0.25) is 0 Å². The zero-order valence-corrected chi connectivity index (χ0v) is 11.3. The van der Waals surface area contributed by atoms with Crippen molar-refractivity contribution in [2.45, 2.75) is 6.61 Å². The lowest BCUT2D eigenvalue weighted by atomic mass is 10.2. The van der Waals surface area contributed by atoms with E-state index >= 15 is 0 Å². The van der Waals surface area contributed by atoms with Gasteiger partial charge in [-0.2, -0.15) is 0 Å². The Morgan fingerprint density at radius 3 is 2.56 bits per heavy atom. The minimum Gasteiger partial charge on any atom is -0.445 e. The van der Waals surface area contributed by atoms with Gasteiger partial charge in [-0.05, 0) is 6.07 Å². The van der Waals surface area contributed by atoms with Crippen LogP contribution in [0.25, 0.3) is 0 Å². The van der Waals surface area contributed by atoms with Gasteiger partial charge in [0.15, 0.2) is 11.6 Å². The second-order valence-electron chi connectivity index (χ2n) is 3.04. The zero-order valence-electron chi connectivity index (χ0n) is 9.13. The second kappa shape index (κ2) is 6.47. The summed E-state index contributed by atoms with van der Waals surface area (Å²) in [6, 6.07) is 1.52. The third-order valence-corrected chi connectivity index (χ3v) is 2.07. The Balaban J connectivity index is 2.86. The van der Waals surface area contributed by atoms with Crippen molar-refractivity contribution in [3.05, 3.63) is 29.3 Å².